The molecule has 0 saturated heterocycles. The van der Waals surface area contributed by atoms with E-state index < -0.39 is 0 Å². The van der Waals surface area contributed by atoms with E-state index in [0.717, 1.165) is 25.7 Å². The average molecular weight is 727 g/mol. The van der Waals surface area contributed by atoms with Crippen molar-refractivity contribution in [2.24, 2.45) is 0 Å². The molecule has 0 heterocycles. The SMILES string of the molecule is CCCCCCCCCCCCCCCCCC(=O)OOCCCCCCCCCCCCCCCCCCCCCCCCCCCCO.O. The van der Waals surface area contributed by atoms with Crippen LogP contribution in [0.1, 0.15) is 277 Å². The largest absolute Gasteiger partial charge is 0.412 e. The van der Waals surface area contributed by atoms with Gasteiger partial charge in [-0.25, -0.2) is 4.79 Å². The van der Waals surface area contributed by atoms with Crippen LogP contribution in [-0.2, 0) is 14.6 Å². The fourth-order valence-electron chi connectivity index (χ4n) is 7.31. The van der Waals surface area contributed by atoms with Gasteiger partial charge < -0.3 is 10.6 Å². The van der Waals surface area contributed by atoms with Crippen molar-refractivity contribution in [3.8, 4) is 0 Å². The second-order valence-electron chi connectivity index (χ2n) is 15.9. The Hall–Kier alpha value is -0.650. The molecule has 0 aromatic heterocycles. The smallest absolute Gasteiger partial charge is 0.342 e. The van der Waals surface area contributed by atoms with Gasteiger partial charge >= 0.3 is 5.97 Å². The van der Waals surface area contributed by atoms with Crippen molar-refractivity contribution in [1.82, 2.24) is 0 Å². The molecule has 0 aliphatic heterocycles. The Morgan fingerprint density at radius 3 is 0.863 bits per heavy atom. The normalized spacial score (nSPS) is 11.3. The number of carbonyl (C=O) groups excluding carboxylic acids is 1. The second kappa shape index (κ2) is 49.4. The summed E-state index contributed by atoms with van der Waals surface area (Å²) < 4.78 is 0. The Morgan fingerprint density at radius 2 is 0.588 bits per heavy atom. The van der Waals surface area contributed by atoms with Gasteiger partial charge in [0.2, 0.25) is 0 Å². The van der Waals surface area contributed by atoms with Crippen LogP contribution in [0.3, 0.4) is 0 Å². The average Bonchev–Trinajstić information content (AvgIpc) is 3.12. The molecule has 51 heavy (non-hydrogen) atoms. The fraction of sp³-hybridized carbons (Fsp3) is 0.978. The molecule has 0 atom stereocenters. The zero-order valence-corrected chi connectivity index (χ0v) is 34.8. The fourth-order valence-corrected chi connectivity index (χ4v) is 7.31. The van der Waals surface area contributed by atoms with Crippen LogP contribution in [0, 0.1) is 0 Å². The first-order chi connectivity index (χ1) is 24.8. The van der Waals surface area contributed by atoms with Crippen LogP contribution in [-0.4, -0.2) is 29.8 Å². The first-order valence-electron chi connectivity index (χ1n) is 23.2. The van der Waals surface area contributed by atoms with Crippen LogP contribution in [0.5, 0.6) is 0 Å². The van der Waals surface area contributed by atoms with Crippen LogP contribution < -0.4 is 0 Å². The van der Waals surface area contributed by atoms with Gasteiger partial charge in [0.25, 0.3) is 0 Å². The van der Waals surface area contributed by atoms with E-state index in [4.69, 9.17) is 14.9 Å². The lowest BCUT2D eigenvalue weighted by Gasteiger charge is -2.05. The number of hydrogen-bond donors (Lipinski definition) is 1. The molecule has 0 radical (unpaired) electrons. The van der Waals surface area contributed by atoms with Gasteiger partial charge in [0, 0.05) is 13.0 Å². The lowest BCUT2D eigenvalue weighted by atomic mass is 10.0. The van der Waals surface area contributed by atoms with Crippen LogP contribution in [0.4, 0.5) is 0 Å². The van der Waals surface area contributed by atoms with Gasteiger partial charge in [0.1, 0.15) is 0 Å². The zero-order chi connectivity index (χ0) is 36.1. The molecule has 0 spiro atoms. The first kappa shape index (κ1) is 52.5. The summed E-state index contributed by atoms with van der Waals surface area (Å²) in [7, 11) is 0. The number of unbranched alkanes of at least 4 members (excludes halogenated alkanes) is 39. The molecule has 3 N–H and O–H groups in total. The molecule has 0 aromatic rings. The molecule has 0 saturated carbocycles. The molecule has 0 aliphatic rings. The predicted octanol–water partition coefficient (Wildman–Crippen LogP) is 15.0. The summed E-state index contributed by atoms with van der Waals surface area (Å²) in [4.78, 5) is 22.0. The first-order valence-corrected chi connectivity index (χ1v) is 23.2. The molecule has 308 valence electrons. The molecule has 5 heteroatoms. The van der Waals surface area contributed by atoms with Crippen LogP contribution in [0.15, 0.2) is 0 Å². The van der Waals surface area contributed by atoms with Gasteiger partial charge in [-0.1, -0.05) is 251 Å². The molecule has 0 fully saturated rings. The van der Waals surface area contributed by atoms with Gasteiger partial charge in [-0.2, -0.15) is 4.89 Å². The van der Waals surface area contributed by atoms with Crippen LogP contribution >= 0.6 is 0 Å². The van der Waals surface area contributed by atoms with Gasteiger partial charge in [-0.15, -0.1) is 0 Å². The highest BCUT2D eigenvalue weighted by Gasteiger charge is 2.04. The van der Waals surface area contributed by atoms with E-state index in [-0.39, 0.29) is 11.4 Å². The number of hydrogen-bond acceptors (Lipinski definition) is 4. The Labute approximate surface area is 320 Å². The third-order valence-corrected chi connectivity index (χ3v) is 10.8. The van der Waals surface area contributed by atoms with Crippen molar-refractivity contribution in [3.63, 3.8) is 0 Å². The quantitative estimate of drug-likeness (QED) is 0.0384. The van der Waals surface area contributed by atoms with E-state index in [1.807, 2.05) is 0 Å². The van der Waals surface area contributed by atoms with Crippen molar-refractivity contribution in [2.75, 3.05) is 13.2 Å². The van der Waals surface area contributed by atoms with E-state index >= 15 is 0 Å². The Morgan fingerprint density at radius 1 is 0.353 bits per heavy atom. The Kier molecular flexibility index (Phi) is 50.8. The predicted molar refractivity (Wildman–Crippen MR) is 222 cm³/mol. The van der Waals surface area contributed by atoms with E-state index in [1.165, 1.54) is 238 Å². The van der Waals surface area contributed by atoms with E-state index in [9.17, 15) is 4.79 Å². The maximum atomic E-state index is 11.9. The second-order valence-corrected chi connectivity index (χ2v) is 15.9. The molecule has 0 bridgehead atoms. The van der Waals surface area contributed by atoms with Crippen molar-refractivity contribution >= 4 is 5.97 Å². The van der Waals surface area contributed by atoms with Crippen LogP contribution in [0.2, 0.25) is 0 Å². The molecular weight excluding hydrogens is 633 g/mol. The van der Waals surface area contributed by atoms with Crippen molar-refractivity contribution < 1.29 is 25.2 Å². The summed E-state index contributed by atoms with van der Waals surface area (Å²) in [6.45, 7) is 3.19. The van der Waals surface area contributed by atoms with Gasteiger partial charge in [-0.3, -0.25) is 4.89 Å². The van der Waals surface area contributed by atoms with Crippen LogP contribution in [0.25, 0.3) is 0 Å². The highest BCUT2D eigenvalue weighted by atomic mass is 17.2. The molecule has 0 rings (SSSR count). The summed E-state index contributed by atoms with van der Waals surface area (Å²) in [6, 6.07) is 0. The summed E-state index contributed by atoms with van der Waals surface area (Å²) in [5.41, 5.74) is 0. The third kappa shape index (κ3) is 49.4. The number of aliphatic hydroxyl groups is 1. The van der Waals surface area contributed by atoms with Crippen molar-refractivity contribution in [3.05, 3.63) is 0 Å². The summed E-state index contributed by atoms with van der Waals surface area (Å²) in [6.07, 6.45) is 55.8. The monoisotopic (exact) mass is 727 g/mol. The van der Waals surface area contributed by atoms with Crippen molar-refractivity contribution in [1.29, 1.82) is 0 Å². The molecular formula is C46H94O5. The summed E-state index contributed by atoms with van der Waals surface area (Å²) >= 11 is 0. The van der Waals surface area contributed by atoms with Gasteiger partial charge in [0.15, 0.2) is 0 Å². The van der Waals surface area contributed by atoms with Crippen molar-refractivity contribution in [2.45, 2.75) is 277 Å². The zero-order valence-electron chi connectivity index (χ0n) is 34.8. The van der Waals surface area contributed by atoms with E-state index in [2.05, 4.69) is 6.92 Å². The highest BCUT2D eigenvalue weighted by Crippen LogP contribution is 2.17. The third-order valence-electron chi connectivity index (χ3n) is 10.8. The molecule has 0 aliphatic carbocycles. The van der Waals surface area contributed by atoms with Gasteiger partial charge in [-0.05, 0) is 19.3 Å². The standard InChI is InChI=1S/C46H92O4.H2O/c1-2-3-4-5-6-7-8-9-22-25-28-31-34-37-40-43-46(48)50-49-45-42-39-36-33-30-27-24-21-19-17-15-13-11-10-12-14-16-18-20-23-26-29-32-35-38-41-44-47;/h47H,2-45H2,1H3;1H2. The van der Waals surface area contributed by atoms with E-state index in [0.29, 0.717) is 19.6 Å². The minimum absolute atomic E-state index is 0. The minimum Gasteiger partial charge on any atom is -0.412 e. The molecule has 0 aromatic carbocycles. The topological polar surface area (TPSA) is 87.3 Å². The minimum atomic E-state index is -0.194. The number of rotatable bonds is 45. The van der Waals surface area contributed by atoms with E-state index in [1.54, 1.807) is 0 Å². The maximum Gasteiger partial charge on any atom is 0.342 e. The maximum absolute atomic E-state index is 11.9. The Bertz CT molecular complexity index is 612. The van der Waals surface area contributed by atoms with Gasteiger partial charge in [0.05, 0.1) is 6.61 Å². The molecule has 0 amide bonds. The molecule has 5 nitrogen and oxygen atoms in total. The number of carbonyl (C=O) groups is 1. The Balaban J connectivity index is 0. The highest BCUT2D eigenvalue weighted by molar-refractivity contribution is 5.68. The molecule has 0 unspecified atom stereocenters. The summed E-state index contributed by atoms with van der Waals surface area (Å²) in [5.74, 6) is -0.194. The summed E-state index contributed by atoms with van der Waals surface area (Å²) in [5, 5.41) is 8.81. The lowest BCUT2D eigenvalue weighted by Crippen LogP contribution is -2.06. The number of aliphatic hydroxyl groups excluding tert-OH is 1. The lowest BCUT2D eigenvalue weighted by molar-refractivity contribution is -0.272.